The number of benzene rings is 2. The number of nitrogens with one attached hydrogen (secondary N) is 1. The first-order valence-electron chi connectivity index (χ1n) is 11.1. The fourth-order valence-corrected chi connectivity index (χ4v) is 3.33. The Balaban J connectivity index is 2.29. The van der Waals surface area contributed by atoms with Gasteiger partial charge in [-0.2, -0.15) is 0 Å². The van der Waals surface area contributed by atoms with Gasteiger partial charge in [0.15, 0.2) is 0 Å². The lowest BCUT2D eigenvalue weighted by Crippen LogP contribution is -2.43. The molecule has 0 spiro atoms. The molecule has 29 heavy (non-hydrogen) atoms. The van der Waals surface area contributed by atoms with Gasteiger partial charge in [-0.3, -0.25) is 4.79 Å². The number of carbonyl (C=O) groups is 1. The topological polar surface area (TPSA) is 47.6 Å². The summed E-state index contributed by atoms with van der Waals surface area (Å²) in [4.78, 5) is 13.2. The molecule has 0 aromatic heterocycles. The van der Waals surface area contributed by atoms with E-state index in [-0.39, 0.29) is 12.0 Å². The van der Waals surface area contributed by atoms with Crippen LogP contribution in [0.15, 0.2) is 36.4 Å². The minimum absolute atomic E-state index is 0.0807. The molecule has 2 aromatic rings. The van der Waals surface area contributed by atoms with Gasteiger partial charge in [-0.25, -0.2) is 0 Å². The second kappa shape index (κ2) is 11.2. The van der Waals surface area contributed by atoms with Crippen molar-refractivity contribution in [2.75, 3.05) is 11.9 Å². The molecule has 0 saturated heterocycles. The molecule has 0 aliphatic rings. The third-order valence-electron chi connectivity index (χ3n) is 5.40. The molecule has 2 aromatic carbocycles. The number of anilines is 1. The van der Waals surface area contributed by atoms with E-state index in [0.717, 1.165) is 60.7 Å². The molecule has 0 heterocycles. The molecule has 160 valence electrons. The van der Waals surface area contributed by atoms with Crippen molar-refractivity contribution in [1.82, 2.24) is 0 Å². The summed E-state index contributed by atoms with van der Waals surface area (Å²) < 4.78 is 12.1. The average Bonchev–Trinajstić information content (AvgIpc) is 2.74. The van der Waals surface area contributed by atoms with E-state index in [1.165, 1.54) is 0 Å². The van der Waals surface area contributed by atoms with E-state index >= 15 is 0 Å². The molecular formula is C25H37NO3. The predicted molar refractivity (Wildman–Crippen MR) is 122 cm³/mol. The molecule has 0 aliphatic carbocycles. The molecule has 2 unspecified atom stereocenters. The third-order valence-corrected chi connectivity index (χ3v) is 5.40. The van der Waals surface area contributed by atoms with E-state index in [9.17, 15) is 4.79 Å². The van der Waals surface area contributed by atoms with Crippen LogP contribution < -0.4 is 10.1 Å². The van der Waals surface area contributed by atoms with Crippen molar-refractivity contribution in [3.05, 3.63) is 36.4 Å². The minimum atomic E-state index is -0.821. The van der Waals surface area contributed by atoms with Crippen molar-refractivity contribution in [3.63, 3.8) is 0 Å². The first-order valence-corrected chi connectivity index (χ1v) is 11.1. The van der Waals surface area contributed by atoms with Gasteiger partial charge in [0.1, 0.15) is 11.4 Å². The number of unbranched alkanes of at least 4 members (excludes halogenated alkanes) is 2. The van der Waals surface area contributed by atoms with E-state index in [4.69, 9.17) is 9.47 Å². The van der Waals surface area contributed by atoms with Crippen molar-refractivity contribution in [3.8, 4) is 5.75 Å². The fraction of sp³-hybridized carbons (Fsp3) is 0.560. The second-order valence-electron chi connectivity index (χ2n) is 7.98. The SMILES string of the molecule is CCCCCC(C)(OCCC)C(=O)Nc1ccc(OC(C)CC)c2ccccc12. The number of ether oxygens (including phenoxy) is 2. The molecule has 0 saturated carbocycles. The highest BCUT2D eigenvalue weighted by Crippen LogP contribution is 2.33. The zero-order chi connectivity index (χ0) is 21.3. The smallest absolute Gasteiger partial charge is 0.256 e. The standard InChI is InChI=1S/C25H37NO3/c1-6-9-12-17-25(5,28-18-7-2)24(27)26-22-15-16-23(29-19(4)8-3)21-14-11-10-13-20(21)22/h10-11,13-16,19H,6-9,12,17-18H2,1-5H3,(H,26,27). The van der Waals surface area contributed by atoms with E-state index in [1.54, 1.807) is 0 Å². The molecule has 2 rings (SSSR count). The van der Waals surface area contributed by atoms with Gasteiger partial charge >= 0.3 is 0 Å². The van der Waals surface area contributed by atoms with Crippen LogP contribution in [0.2, 0.25) is 0 Å². The maximum absolute atomic E-state index is 13.2. The molecule has 1 amide bonds. The zero-order valence-corrected chi connectivity index (χ0v) is 18.7. The van der Waals surface area contributed by atoms with Crippen LogP contribution >= 0.6 is 0 Å². The molecule has 1 N–H and O–H groups in total. The summed E-state index contributed by atoms with van der Waals surface area (Å²) in [5, 5.41) is 5.12. The van der Waals surface area contributed by atoms with E-state index in [2.05, 4.69) is 33.0 Å². The maximum atomic E-state index is 13.2. The Morgan fingerprint density at radius 2 is 1.76 bits per heavy atom. The fourth-order valence-electron chi connectivity index (χ4n) is 3.33. The van der Waals surface area contributed by atoms with Crippen LogP contribution in [0.5, 0.6) is 5.75 Å². The summed E-state index contributed by atoms with van der Waals surface area (Å²) >= 11 is 0. The largest absolute Gasteiger partial charge is 0.490 e. The lowest BCUT2D eigenvalue weighted by atomic mass is 9.96. The van der Waals surface area contributed by atoms with Gasteiger partial charge < -0.3 is 14.8 Å². The Hall–Kier alpha value is -2.07. The number of hydrogen-bond acceptors (Lipinski definition) is 3. The molecule has 0 bridgehead atoms. The van der Waals surface area contributed by atoms with Crippen molar-refractivity contribution in [1.29, 1.82) is 0 Å². The van der Waals surface area contributed by atoms with Crippen molar-refractivity contribution in [2.24, 2.45) is 0 Å². The molecular weight excluding hydrogens is 362 g/mol. The highest BCUT2D eigenvalue weighted by Gasteiger charge is 2.34. The van der Waals surface area contributed by atoms with Gasteiger partial charge in [0, 0.05) is 23.1 Å². The quantitative estimate of drug-likeness (QED) is 0.403. The molecule has 4 nitrogen and oxygen atoms in total. The zero-order valence-electron chi connectivity index (χ0n) is 18.7. The Morgan fingerprint density at radius 3 is 2.41 bits per heavy atom. The van der Waals surface area contributed by atoms with Crippen LogP contribution in [0.1, 0.15) is 73.1 Å². The number of hydrogen-bond donors (Lipinski definition) is 1. The van der Waals surface area contributed by atoms with E-state index < -0.39 is 5.60 Å². The van der Waals surface area contributed by atoms with Gasteiger partial charge in [0.25, 0.3) is 5.91 Å². The van der Waals surface area contributed by atoms with Gasteiger partial charge in [-0.05, 0) is 45.2 Å². The molecule has 0 fully saturated rings. The number of carbonyl (C=O) groups excluding carboxylic acids is 1. The van der Waals surface area contributed by atoms with Gasteiger partial charge in [-0.1, -0.05) is 64.3 Å². The number of fused-ring (bicyclic) bond motifs is 1. The van der Waals surface area contributed by atoms with Crippen molar-refractivity contribution < 1.29 is 14.3 Å². The molecule has 4 heteroatoms. The Bertz CT molecular complexity index is 789. The van der Waals surface area contributed by atoms with Crippen LogP contribution in [-0.2, 0) is 9.53 Å². The van der Waals surface area contributed by atoms with Crippen LogP contribution in [0.3, 0.4) is 0 Å². The second-order valence-corrected chi connectivity index (χ2v) is 7.98. The van der Waals surface area contributed by atoms with Crippen LogP contribution in [0.25, 0.3) is 10.8 Å². The molecule has 2 atom stereocenters. The molecule has 0 radical (unpaired) electrons. The van der Waals surface area contributed by atoms with Crippen LogP contribution in [0.4, 0.5) is 5.69 Å². The third kappa shape index (κ3) is 6.20. The summed E-state index contributed by atoms with van der Waals surface area (Å²) in [7, 11) is 0. The number of amides is 1. The summed E-state index contributed by atoms with van der Waals surface area (Å²) in [6.07, 6.45) is 5.89. The highest BCUT2D eigenvalue weighted by molar-refractivity contribution is 6.06. The monoisotopic (exact) mass is 399 g/mol. The summed E-state index contributed by atoms with van der Waals surface area (Å²) in [5.74, 6) is 0.767. The normalized spacial score (nSPS) is 14.4. The average molecular weight is 400 g/mol. The first-order chi connectivity index (χ1) is 13.9. The summed E-state index contributed by atoms with van der Waals surface area (Å²) in [6.45, 7) is 10.9. The lowest BCUT2D eigenvalue weighted by Gasteiger charge is -2.29. The number of rotatable bonds is 12. The predicted octanol–water partition coefficient (Wildman–Crippen LogP) is 6.72. The van der Waals surface area contributed by atoms with Crippen LogP contribution in [0, 0.1) is 0 Å². The Kier molecular flexibility index (Phi) is 8.97. The first kappa shape index (κ1) is 23.2. The van der Waals surface area contributed by atoms with E-state index in [1.807, 2.05) is 43.3 Å². The van der Waals surface area contributed by atoms with Gasteiger partial charge in [-0.15, -0.1) is 0 Å². The van der Waals surface area contributed by atoms with Crippen LogP contribution in [-0.4, -0.2) is 24.2 Å². The Labute approximate surface area is 176 Å². The summed E-state index contributed by atoms with van der Waals surface area (Å²) in [5.41, 5.74) is -0.0260. The molecule has 0 aliphatic heterocycles. The lowest BCUT2D eigenvalue weighted by molar-refractivity contribution is -0.140. The van der Waals surface area contributed by atoms with Crippen molar-refractivity contribution >= 4 is 22.4 Å². The van der Waals surface area contributed by atoms with Gasteiger partial charge in [0.2, 0.25) is 0 Å². The Morgan fingerprint density at radius 1 is 1.03 bits per heavy atom. The van der Waals surface area contributed by atoms with Crippen molar-refractivity contribution in [2.45, 2.75) is 84.8 Å². The van der Waals surface area contributed by atoms with Gasteiger partial charge in [0.05, 0.1) is 6.10 Å². The maximum Gasteiger partial charge on any atom is 0.256 e. The minimum Gasteiger partial charge on any atom is -0.490 e. The van der Waals surface area contributed by atoms with E-state index in [0.29, 0.717) is 6.61 Å². The highest BCUT2D eigenvalue weighted by atomic mass is 16.5. The summed E-state index contributed by atoms with van der Waals surface area (Å²) in [6, 6.07) is 11.9.